The molecule has 2 fully saturated rings. The summed E-state index contributed by atoms with van der Waals surface area (Å²) in [5.41, 5.74) is 11.3. The number of nitrogens with two attached hydrogens (primary N) is 1. The molecule has 2 N–H and O–H groups in total. The Labute approximate surface area is 235 Å². The average molecular weight is 536 g/mol. The van der Waals surface area contributed by atoms with Crippen molar-refractivity contribution in [1.29, 1.82) is 0 Å². The van der Waals surface area contributed by atoms with Crippen molar-refractivity contribution in [3.63, 3.8) is 0 Å². The van der Waals surface area contributed by atoms with Gasteiger partial charge in [-0.05, 0) is 43.9 Å². The number of amides is 1. The second-order valence-corrected chi connectivity index (χ2v) is 11.1. The van der Waals surface area contributed by atoms with Gasteiger partial charge in [-0.15, -0.1) is 0 Å². The van der Waals surface area contributed by atoms with Gasteiger partial charge in [0.2, 0.25) is 5.91 Å². The Kier molecular flexibility index (Phi) is 7.60. The third-order valence-corrected chi connectivity index (χ3v) is 8.42. The molecule has 1 atom stereocenters. The number of likely N-dealkylation sites (tertiary alicyclic amines) is 1. The molecule has 206 valence electrons. The first kappa shape index (κ1) is 26.2. The Morgan fingerprint density at radius 3 is 2.55 bits per heavy atom. The number of benzene rings is 2. The highest BCUT2D eigenvalue weighted by Crippen LogP contribution is 2.34. The number of aromatic nitrogens is 4. The fourth-order valence-corrected chi connectivity index (χ4v) is 6.13. The number of carbonyl (C=O) groups is 1. The fraction of sp³-hybridized carbons (Fsp3) is 0.375. The predicted molar refractivity (Wildman–Crippen MR) is 159 cm³/mol. The van der Waals surface area contributed by atoms with Gasteiger partial charge in [-0.1, -0.05) is 73.5 Å². The third kappa shape index (κ3) is 5.49. The maximum absolute atomic E-state index is 13.0. The molecule has 8 heteroatoms. The van der Waals surface area contributed by atoms with E-state index in [2.05, 4.69) is 70.4 Å². The maximum Gasteiger partial charge on any atom is 0.246 e. The number of nitrogen functional groups attached to an aromatic ring is 1. The Morgan fingerprint density at radius 2 is 1.77 bits per heavy atom. The molecule has 0 radical (unpaired) electrons. The van der Waals surface area contributed by atoms with Gasteiger partial charge in [0.25, 0.3) is 0 Å². The highest BCUT2D eigenvalue weighted by atomic mass is 16.2. The molecule has 1 amide bonds. The van der Waals surface area contributed by atoms with E-state index in [4.69, 9.17) is 10.8 Å². The summed E-state index contributed by atoms with van der Waals surface area (Å²) in [6, 6.07) is 19.6. The SMILES string of the molecule is CN(C/C=C/C(=O)N1CC[C@@H](n2nc(-c3ccc(Cc4ccccc4)cc3)c3c(N)ncnc32)C1)C1CCCC1. The van der Waals surface area contributed by atoms with E-state index in [1.807, 2.05) is 21.7 Å². The minimum absolute atomic E-state index is 0.0291. The number of likely N-dealkylation sites (N-methyl/N-ethyl adjacent to an activating group) is 1. The van der Waals surface area contributed by atoms with Crippen molar-refractivity contribution in [2.45, 2.75) is 50.6 Å². The maximum atomic E-state index is 13.0. The zero-order valence-corrected chi connectivity index (χ0v) is 23.1. The van der Waals surface area contributed by atoms with Crippen LogP contribution in [-0.2, 0) is 11.2 Å². The van der Waals surface area contributed by atoms with E-state index in [0.29, 0.717) is 30.6 Å². The van der Waals surface area contributed by atoms with Crippen LogP contribution in [-0.4, -0.2) is 68.2 Å². The molecule has 0 bridgehead atoms. The minimum atomic E-state index is 0.0291. The van der Waals surface area contributed by atoms with E-state index in [1.165, 1.54) is 43.1 Å². The zero-order chi connectivity index (χ0) is 27.5. The Bertz CT molecular complexity index is 1490. The summed E-state index contributed by atoms with van der Waals surface area (Å²) < 4.78 is 1.95. The van der Waals surface area contributed by atoms with Crippen LogP contribution in [0.25, 0.3) is 22.3 Å². The summed E-state index contributed by atoms with van der Waals surface area (Å²) >= 11 is 0. The summed E-state index contributed by atoms with van der Waals surface area (Å²) in [4.78, 5) is 26.1. The topological polar surface area (TPSA) is 93.2 Å². The summed E-state index contributed by atoms with van der Waals surface area (Å²) in [5.74, 6) is 0.474. The Morgan fingerprint density at radius 1 is 1.02 bits per heavy atom. The fourth-order valence-electron chi connectivity index (χ4n) is 6.13. The monoisotopic (exact) mass is 535 g/mol. The Balaban J connectivity index is 1.18. The predicted octanol–water partition coefficient (Wildman–Crippen LogP) is 4.87. The number of fused-ring (bicyclic) bond motifs is 1. The first-order valence-corrected chi connectivity index (χ1v) is 14.3. The average Bonchev–Trinajstić information content (AvgIpc) is 3.75. The van der Waals surface area contributed by atoms with Crippen LogP contribution in [0.3, 0.4) is 0 Å². The number of carbonyl (C=O) groups excluding carboxylic acids is 1. The largest absolute Gasteiger partial charge is 0.383 e. The molecule has 0 spiro atoms. The van der Waals surface area contributed by atoms with Crippen LogP contribution in [0.5, 0.6) is 0 Å². The van der Waals surface area contributed by atoms with Crippen molar-refractivity contribution in [2.24, 2.45) is 0 Å². The number of nitrogens with zero attached hydrogens (tertiary/aromatic N) is 6. The molecule has 2 aromatic carbocycles. The van der Waals surface area contributed by atoms with Crippen LogP contribution in [0, 0.1) is 0 Å². The smallest absolute Gasteiger partial charge is 0.246 e. The molecule has 8 nitrogen and oxygen atoms in total. The molecule has 4 aromatic rings. The molecule has 2 aromatic heterocycles. The number of anilines is 1. The molecule has 1 aliphatic carbocycles. The molecule has 3 heterocycles. The van der Waals surface area contributed by atoms with E-state index < -0.39 is 0 Å². The van der Waals surface area contributed by atoms with Crippen LogP contribution in [0.15, 0.2) is 73.1 Å². The first-order chi connectivity index (χ1) is 19.6. The zero-order valence-electron chi connectivity index (χ0n) is 23.1. The highest BCUT2D eigenvalue weighted by Gasteiger charge is 2.30. The van der Waals surface area contributed by atoms with Gasteiger partial charge in [-0.3, -0.25) is 9.69 Å². The molecular weight excluding hydrogens is 498 g/mol. The third-order valence-electron chi connectivity index (χ3n) is 8.42. The van der Waals surface area contributed by atoms with Crippen molar-refractivity contribution in [3.8, 4) is 11.3 Å². The molecule has 6 rings (SSSR count). The van der Waals surface area contributed by atoms with Crippen molar-refractivity contribution in [2.75, 3.05) is 32.4 Å². The van der Waals surface area contributed by atoms with E-state index in [1.54, 1.807) is 6.08 Å². The molecule has 0 unspecified atom stereocenters. The van der Waals surface area contributed by atoms with E-state index >= 15 is 0 Å². The van der Waals surface area contributed by atoms with Crippen LogP contribution in [0.2, 0.25) is 0 Å². The molecule has 1 saturated carbocycles. The van der Waals surface area contributed by atoms with E-state index in [-0.39, 0.29) is 11.9 Å². The normalized spacial score (nSPS) is 18.1. The van der Waals surface area contributed by atoms with Gasteiger partial charge in [0.1, 0.15) is 17.8 Å². The minimum Gasteiger partial charge on any atom is -0.383 e. The molecule has 40 heavy (non-hydrogen) atoms. The van der Waals surface area contributed by atoms with Crippen molar-refractivity contribution in [3.05, 3.63) is 84.2 Å². The van der Waals surface area contributed by atoms with E-state index in [9.17, 15) is 4.79 Å². The van der Waals surface area contributed by atoms with Gasteiger partial charge >= 0.3 is 0 Å². The number of hydrogen-bond donors (Lipinski definition) is 1. The molecule has 1 saturated heterocycles. The summed E-state index contributed by atoms with van der Waals surface area (Å²) in [5, 5.41) is 5.77. The lowest BCUT2D eigenvalue weighted by atomic mass is 10.0. The van der Waals surface area contributed by atoms with Crippen molar-refractivity contribution in [1.82, 2.24) is 29.5 Å². The van der Waals surface area contributed by atoms with Gasteiger partial charge in [-0.25, -0.2) is 14.6 Å². The van der Waals surface area contributed by atoms with E-state index in [0.717, 1.165) is 36.0 Å². The Hall–Kier alpha value is -4.04. The lowest BCUT2D eigenvalue weighted by molar-refractivity contribution is -0.125. The second kappa shape index (κ2) is 11.6. The van der Waals surface area contributed by atoms with Crippen molar-refractivity contribution >= 4 is 22.8 Å². The standard InChI is InChI=1S/C32H37N7O/c1-37(26-10-5-6-11-26)18-7-12-28(40)38-19-17-27(21-38)39-32-29(31(33)34-22-35-32)30(36-39)25-15-13-24(14-16-25)20-23-8-3-2-4-9-23/h2-4,7-9,12-16,22,26-27H,5-6,10-11,17-21H2,1H3,(H2,33,34,35)/b12-7+/t27-/m1/s1. The van der Waals surface area contributed by atoms with Crippen LogP contribution >= 0.6 is 0 Å². The number of hydrogen-bond acceptors (Lipinski definition) is 6. The van der Waals surface area contributed by atoms with Crippen molar-refractivity contribution < 1.29 is 4.79 Å². The molecule has 2 aliphatic rings. The van der Waals surface area contributed by atoms with Crippen LogP contribution in [0.4, 0.5) is 5.82 Å². The lowest BCUT2D eigenvalue weighted by Crippen LogP contribution is -2.30. The van der Waals surface area contributed by atoms with Gasteiger partial charge in [-0.2, -0.15) is 5.10 Å². The quantitative estimate of drug-likeness (QED) is 0.324. The summed E-state index contributed by atoms with van der Waals surface area (Å²) in [6.45, 7) is 2.09. The van der Waals surface area contributed by atoms with Gasteiger partial charge < -0.3 is 10.6 Å². The first-order valence-electron chi connectivity index (χ1n) is 14.3. The van der Waals surface area contributed by atoms with Gasteiger partial charge in [0.05, 0.1) is 11.4 Å². The molecular formula is C32H37N7O. The summed E-state index contributed by atoms with van der Waals surface area (Å²) in [7, 11) is 2.15. The number of rotatable bonds is 8. The van der Waals surface area contributed by atoms with Crippen LogP contribution in [0.1, 0.15) is 49.3 Å². The highest BCUT2D eigenvalue weighted by molar-refractivity contribution is 5.98. The van der Waals surface area contributed by atoms with Gasteiger partial charge in [0.15, 0.2) is 5.65 Å². The lowest BCUT2D eigenvalue weighted by Gasteiger charge is -2.22. The van der Waals surface area contributed by atoms with Gasteiger partial charge in [0, 0.05) is 37.3 Å². The molecule has 1 aliphatic heterocycles. The summed E-state index contributed by atoms with van der Waals surface area (Å²) in [6.07, 6.45) is 12.1. The second-order valence-electron chi connectivity index (χ2n) is 11.1. The van der Waals surface area contributed by atoms with Crippen LogP contribution < -0.4 is 5.73 Å².